The second kappa shape index (κ2) is 7.52. The molecule has 1 atom stereocenters. The molecule has 0 saturated heterocycles. The maximum Gasteiger partial charge on any atom is 0.260 e. The minimum atomic E-state index is -0.294. The summed E-state index contributed by atoms with van der Waals surface area (Å²) in [5.41, 5.74) is 2.50. The summed E-state index contributed by atoms with van der Waals surface area (Å²) in [6.07, 6.45) is 0. The predicted octanol–water partition coefficient (Wildman–Crippen LogP) is 4.28. The van der Waals surface area contributed by atoms with Crippen molar-refractivity contribution in [3.05, 3.63) is 71.7 Å². The lowest BCUT2D eigenvalue weighted by molar-refractivity contribution is -0.133. The summed E-state index contributed by atoms with van der Waals surface area (Å²) in [6.45, 7) is 3.73. The second-order valence-electron chi connectivity index (χ2n) is 6.30. The van der Waals surface area contributed by atoms with Gasteiger partial charge in [0, 0.05) is 18.1 Å². The zero-order valence-electron chi connectivity index (χ0n) is 15.1. The van der Waals surface area contributed by atoms with E-state index in [0.29, 0.717) is 5.75 Å². The van der Waals surface area contributed by atoms with Gasteiger partial charge in [-0.2, -0.15) is 0 Å². The van der Waals surface area contributed by atoms with E-state index in [2.05, 4.69) is 4.98 Å². The molecule has 3 rings (SSSR count). The number of hydrogen-bond donors (Lipinski definition) is 0. The van der Waals surface area contributed by atoms with Gasteiger partial charge >= 0.3 is 0 Å². The van der Waals surface area contributed by atoms with E-state index in [4.69, 9.17) is 4.74 Å². The van der Waals surface area contributed by atoms with Crippen LogP contribution >= 0.6 is 0 Å². The van der Waals surface area contributed by atoms with Crippen molar-refractivity contribution in [1.82, 2.24) is 9.88 Å². The van der Waals surface area contributed by atoms with E-state index in [9.17, 15) is 9.18 Å². The Bertz CT molecular complexity index is 925. The zero-order valence-corrected chi connectivity index (χ0v) is 15.1. The van der Waals surface area contributed by atoms with Crippen LogP contribution in [-0.2, 0) is 4.79 Å². The number of carbonyl (C=O) groups is 1. The quantitative estimate of drug-likeness (QED) is 0.688. The molecular formula is C21H21FN2O2. The second-order valence-corrected chi connectivity index (χ2v) is 6.30. The topological polar surface area (TPSA) is 42.4 Å². The first-order valence-electron chi connectivity index (χ1n) is 8.46. The van der Waals surface area contributed by atoms with Crippen molar-refractivity contribution in [3.8, 4) is 5.75 Å². The first-order valence-corrected chi connectivity index (χ1v) is 8.46. The Balaban J connectivity index is 1.70. The first-order chi connectivity index (χ1) is 12.5. The van der Waals surface area contributed by atoms with Gasteiger partial charge in [0.1, 0.15) is 17.1 Å². The summed E-state index contributed by atoms with van der Waals surface area (Å²) < 4.78 is 18.8. The number of para-hydroxylation sites is 1. The highest BCUT2D eigenvalue weighted by atomic mass is 19.1. The minimum absolute atomic E-state index is 0.0865. The lowest BCUT2D eigenvalue weighted by atomic mass is 10.1. The monoisotopic (exact) mass is 352 g/mol. The van der Waals surface area contributed by atoms with Crippen LogP contribution in [0.2, 0.25) is 0 Å². The summed E-state index contributed by atoms with van der Waals surface area (Å²) >= 11 is 0. The summed E-state index contributed by atoms with van der Waals surface area (Å²) in [7, 11) is 1.71. The molecule has 0 aliphatic carbocycles. The number of rotatable bonds is 5. The van der Waals surface area contributed by atoms with Crippen LogP contribution < -0.4 is 4.74 Å². The predicted molar refractivity (Wildman–Crippen MR) is 99.6 cm³/mol. The number of amides is 1. The van der Waals surface area contributed by atoms with E-state index in [1.165, 1.54) is 12.1 Å². The summed E-state index contributed by atoms with van der Waals surface area (Å²) in [5, 5.41) is 0.966. The third-order valence-electron chi connectivity index (χ3n) is 4.50. The zero-order chi connectivity index (χ0) is 18.7. The Morgan fingerprint density at radius 2 is 1.88 bits per heavy atom. The standard InChI is InChI=1S/C21H21FN2O2/c1-14-7-8-17-5-4-6-19(21(17)23-14)26-13-20(25)24(3)15(2)16-9-11-18(22)12-10-16/h4-12,15H,13H2,1-3H3/t15-/m1/s1. The molecule has 26 heavy (non-hydrogen) atoms. The van der Waals surface area contributed by atoms with Gasteiger partial charge in [0.05, 0.1) is 6.04 Å². The van der Waals surface area contributed by atoms with Crippen LogP contribution in [0.5, 0.6) is 5.75 Å². The molecule has 0 radical (unpaired) electrons. The fraction of sp³-hybridized carbons (Fsp3) is 0.238. The van der Waals surface area contributed by atoms with E-state index in [1.807, 2.05) is 44.2 Å². The number of hydrogen-bond acceptors (Lipinski definition) is 3. The van der Waals surface area contributed by atoms with Crippen molar-refractivity contribution in [2.24, 2.45) is 0 Å². The molecule has 0 unspecified atom stereocenters. The molecule has 134 valence electrons. The largest absolute Gasteiger partial charge is 0.481 e. The Hall–Kier alpha value is -2.95. The van der Waals surface area contributed by atoms with E-state index < -0.39 is 0 Å². The molecule has 1 amide bonds. The van der Waals surface area contributed by atoms with Gasteiger partial charge in [-0.15, -0.1) is 0 Å². The number of fused-ring (bicyclic) bond motifs is 1. The smallest absolute Gasteiger partial charge is 0.260 e. The number of carbonyl (C=O) groups excluding carboxylic acids is 1. The molecule has 2 aromatic carbocycles. The Kier molecular flexibility index (Phi) is 5.16. The van der Waals surface area contributed by atoms with Crippen LogP contribution in [0.3, 0.4) is 0 Å². The molecule has 0 bridgehead atoms. The summed E-state index contributed by atoms with van der Waals surface area (Å²) in [4.78, 5) is 18.6. The molecule has 1 heterocycles. The first kappa shape index (κ1) is 17.9. The number of ether oxygens (including phenoxy) is 1. The average molecular weight is 352 g/mol. The van der Waals surface area contributed by atoms with E-state index in [-0.39, 0.29) is 24.4 Å². The van der Waals surface area contributed by atoms with Crippen molar-refractivity contribution in [1.29, 1.82) is 0 Å². The average Bonchev–Trinajstić information content (AvgIpc) is 2.65. The molecular weight excluding hydrogens is 331 g/mol. The van der Waals surface area contributed by atoms with Crippen LogP contribution in [0.25, 0.3) is 10.9 Å². The molecule has 1 aromatic heterocycles. The highest BCUT2D eigenvalue weighted by Crippen LogP contribution is 2.24. The maximum atomic E-state index is 13.1. The van der Waals surface area contributed by atoms with Gasteiger partial charge in [0.15, 0.2) is 6.61 Å². The molecule has 0 aliphatic heterocycles. The van der Waals surface area contributed by atoms with Gasteiger partial charge in [0.25, 0.3) is 5.91 Å². The fourth-order valence-corrected chi connectivity index (χ4v) is 2.76. The van der Waals surface area contributed by atoms with Crippen molar-refractivity contribution in [2.45, 2.75) is 19.9 Å². The third-order valence-corrected chi connectivity index (χ3v) is 4.50. The van der Waals surface area contributed by atoms with Crippen molar-refractivity contribution >= 4 is 16.8 Å². The molecule has 0 N–H and O–H groups in total. The molecule has 0 saturated carbocycles. The maximum absolute atomic E-state index is 13.1. The van der Waals surface area contributed by atoms with Crippen molar-refractivity contribution in [2.75, 3.05) is 13.7 Å². The van der Waals surface area contributed by atoms with Crippen LogP contribution in [-0.4, -0.2) is 29.4 Å². The molecule has 0 fully saturated rings. The number of likely N-dealkylation sites (N-methyl/N-ethyl adjacent to an activating group) is 1. The van der Waals surface area contributed by atoms with Gasteiger partial charge in [-0.05, 0) is 43.7 Å². The lowest BCUT2D eigenvalue weighted by Crippen LogP contribution is -2.33. The molecule has 3 aromatic rings. The highest BCUT2D eigenvalue weighted by molar-refractivity contribution is 5.85. The van der Waals surface area contributed by atoms with E-state index >= 15 is 0 Å². The number of aromatic nitrogens is 1. The SMILES string of the molecule is Cc1ccc2cccc(OCC(=O)N(C)[C@H](C)c3ccc(F)cc3)c2n1. The third kappa shape index (κ3) is 3.82. The number of benzene rings is 2. The number of nitrogens with zero attached hydrogens (tertiary/aromatic N) is 2. The molecule has 0 aliphatic rings. The van der Waals surface area contributed by atoms with Crippen molar-refractivity contribution in [3.63, 3.8) is 0 Å². The number of aryl methyl sites for hydroxylation is 1. The molecule has 5 heteroatoms. The summed E-state index contributed by atoms with van der Waals surface area (Å²) in [5.74, 6) is 0.130. The highest BCUT2D eigenvalue weighted by Gasteiger charge is 2.18. The van der Waals surface area contributed by atoms with Crippen LogP contribution in [0, 0.1) is 12.7 Å². The van der Waals surface area contributed by atoms with Crippen LogP contribution in [0.1, 0.15) is 24.2 Å². The Labute approximate surface area is 152 Å². The summed E-state index contributed by atoms with van der Waals surface area (Å²) in [6, 6.07) is 15.5. The van der Waals surface area contributed by atoms with Gasteiger partial charge in [-0.3, -0.25) is 4.79 Å². The Morgan fingerprint density at radius 1 is 1.15 bits per heavy atom. The van der Waals surface area contributed by atoms with E-state index in [0.717, 1.165) is 22.2 Å². The van der Waals surface area contributed by atoms with Gasteiger partial charge in [-0.1, -0.05) is 30.3 Å². The Morgan fingerprint density at radius 3 is 2.62 bits per heavy atom. The minimum Gasteiger partial charge on any atom is -0.481 e. The molecule has 4 nitrogen and oxygen atoms in total. The van der Waals surface area contributed by atoms with Crippen LogP contribution in [0.4, 0.5) is 4.39 Å². The fourth-order valence-electron chi connectivity index (χ4n) is 2.76. The van der Waals surface area contributed by atoms with Gasteiger partial charge < -0.3 is 9.64 Å². The number of halogens is 1. The molecule has 0 spiro atoms. The van der Waals surface area contributed by atoms with Gasteiger partial charge in [0.2, 0.25) is 0 Å². The van der Waals surface area contributed by atoms with E-state index in [1.54, 1.807) is 24.1 Å². The van der Waals surface area contributed by atoms with Gasteiger partial charge in [-0.25, -0.2) is 9.37 Å². The van der Waals surface area contributed by atoms with Crippen LogP contribution in [0.15, 0.2) is 54.6 Å². The lowest BCUT2D eigenvalue weighted by Gasteiger charge is -2.25. The normalized spacial score (nSPS) is 12.0. The van der Waals surface area contributed by atoms with Crippen molar-refractivity contribution < 1.29 is 13.9 Å². The number of pyridine rings is 1.